The Bertz CT molecular complexity index is 610. The standard InChI is InChI=1S/C19H29NO6/c1-7-20-12-10-11-13(20)14(18(23)26-19(4,5)6)15(16(21)24-8-2)17(22)25-9-3/h10-12,14-15H,7-9H2,1-6H3/t14-/m1/s1. The molecule has 1 aromatic rings. The number of carbonyl (C=O) groups is 3. The normalized spacial score (nSPS) is 12.6. The summed E-state index contributed by atoms with van der Waals surface area (Å²) in [5.74, 6) is -4.85. The minimum Gasteiger partial charge on any atom is -0.465 e. The van der Waals surface area contributed by atoms with Crippen molar-refractivity contribution in [3.63, 3.8) is 0 Å². The highest BCUT2D eigenvalue weighted by Crippen LogP contribution is 2.31. The van der Waals surface area contributed by atoms with Crippen LogP contribution in [0.1, 0.15) is 53.2 Å². The van der Waals surface area contributed by atoms with E-state index in [0.717, 1.165) is 0 Å². The molecule has 1 aromatic heterocycles. The van der Waals surface area contributed by atoms with Gasteiger partial charge in [0.2, 0.25) is 0 Å². The lowest BCUT2D eigenvalue weighted by atomic mass is 9.88. The number of aryl methyl sites for hydroxylation is 1. The zero-order valence-electron chi connectivity index (χ0n) is 16.4. The van der Waals surface area contributed by atoms with Gasteiger partial charge in [-0.25, -0.2) is 0 Å². The topological polar surface area (TPSA) is 83.8 Å². The predicted octanol–water partition coefficient (Wildman–Crippen LogP) is 2.68. The van der Waals surface area contributed by atoms with Gasteiger partial charge in [-0.1, -0.05) is 0 Å². The SMILES string of the molecule is CCOC(=O)C(C(=O)OCC)[C@H](C(=O)OC(C)(C)C)c1cccn1CC. The predicted molar refractivity (Wildman–Crippen MR) is 95.4 cm³/mol. The second-order valence-corrected chi connectivity index (χ2v) is 6.71. The Hall–Kier alpha value is -2.31. The fourth-order valence-electron chi connectivity index (χ4n) is 2.62. The first-order chi connectivity index (χ1) is 12.2. The lowest BCUT2D eigenvalue weighted by Gasteiger charge is -2.28. The summed E-state index contributed by atoms with van der Waals surface area (Å²) >= 11 is 0. The molecule has 1 heterocycles. The average Bonchev–Trinajstić information content (AvgIpc) is 2.98. The van der Waals surface area contributed by atoms with Crippen LogP contribution in [0, 0.1) is 5.92 Å². The van der Waals surface area contributed by atoms with Crippen molar-refractivity contribution in [1.29, 1.82) is 0 Å². The highest BCUT2D eigenvalue weighted by molar-refractivity contribution is 6.01. The van der Waals surface area contributed by atoms with Crippen LogP contribution in [0.2, 0.25) is 0 Å². The molecule has 0 radical (unpaired) electrons. The summed E-state index contributed by atoms with van der Waals surface area (Å²) in [6.45, 7) is 11.1. The largest absolute Gasteiger partial charge is 0.465 e. The molecule has 0 bridgehead atoms. The smallest absolute Gasteiger partial charge is 0.321 e. The van der Waals surface area contributed by atoms with Crippen LogP contribution in [0.25, 0.3) is 0 Å². The number of hydrogen-bond acceptors (Lipinski definition) is 6. The van der Waals surface area contributed by atoms with Crippen LogP contribution >= 0.6 is 0 Å². The van der Waals surface area contributed by atoms with Gasteiger partial charge in [-0.2, -0.15) is 0 Å². The Kier molecular flexibility index (Phi) is 7.86. The molecule has 0 aliphatic carbocycles. The fraction of sp³-hybridized carbons (Fsp3) is 0.632. The van der Waals surface area contributed by atoms with E-state index in [1.165, 1.54) is 0 Å². The molecule has 7 heteroatoms. The summed E-state index contributed by atoms with van der Waals surface area (Å²) in [5, 5.41) is 0. The number of ether oxygens (including phenoxy) is 3. The summed E-state index contributed by atoms with van der Waals surface area (Å²) < 4.78 is 17.4. The van der Waals surface area contributed by atoms with Crippen molar-refractivity contribution >= 4 is 17.9 Å². The van der Waals surface area contributed by atoms with Crippen LogP contribution in [0.3, 0.4) is 0 Å². The van der Waals surface area contributed by atoms with Gasteiger partial charge in [0.1, 0.15) is 11.5 Å². The van der Waals surface area contributed by atoms with E-state index < -0.39 is 35.3 Å². The van der Waals surface area contributed by atoms with Gasteiger partial charge in [-0.15, -0.1) is 0 Å². The van der Waals surface area contributed by atoms with Gasteiger partial charge in [0.05, 0.1) is 13.2 Å². The number of esters is 3. The minimum absolute atomic E-state index is 0.0879. The quantitative estimate of drug-likeness (QED) is 0.399. The van der Waals surface area contributed by atoms with Crippen molar-refractivity contribution in [2.24, 2.45) is 5.92 Å². The van der Waals surface area contributed by atoms with Crippen molar-refractivity contribution in [2.75, 3.05) is 13.2 Å². The Labute approximate surface area is 154 Å². The second-order valence-electron chi connectivity index (χ2n) is 6.71. The first-order valence-electron chi connectivity index (χ1n) is 8.87. The van der Waals surface area contributed by atoms with E-state index in [-0.39, 0.29) is 13.2 Å². The number of rotatable bonds is 8. The van der Waals surface area contributed by atoms with Crippen LogP contribution in [0.4, 0.5) is 0 Å². The van der Waals surface area contributed by atoms with Gasteiger partial charge in [-0.3, -0.25) is 14.4 Å². The van der Waals surface area contributed by atoms with E-state index in [0.29, 0.717) is 12.2 Å². The average molecular weight is 367 g/mol. The van der Waals surface area contributed by atoms with Crippen LogP contribution in [0.5, 0.6) is 0 Å². The van der Waals surface area contributed by atoms with E-state index >= 15 is 0 Å². The van der Waals surface area contributed by atoms with Gasteiger partial charge < -0.3 is 18.8 Å². The molecule has 0 aromatic carbocycles. The van der Waals surface area contributed by atoms with Crippen LogP contribution in [-0.2, 0) is 35.1 Å². The molecule has 0 unspecified atom stereocenters. The number of aromatic nitrogens is 1. The molecule has 0 aliphatic heterocycles. The maximum Gasteiger partial charge on any atom is 0.321 e. The van der Waals surface area contributed by atoms with Gasteiger partial charge >= 0.3 is 17.9 Å². The first-order valence-corrected chi connectivity index (χ1v) is 8.87. The Morgan fingerprint density at radius 2 is 1.54 bits per heavy atom. The van der Waals surface area contributed by atoms with E-state index in [4.69, 9.17) is 14.2 Å². The molecule has 1 atom stereocenters. The molecule has 0 N–H and O–H groups in total. The summed E-state index contributed by atoms with van der Waals surface area (Å²) in [7, 11) is 0. The number of hydrogen-bond donors (Lipinski definition) is 0. The molecular formula is C19H29NO6. The third-order valence-electron chi connectivity index (χ3n) is 3.60. The molecule has 0 saturated heterocycles. The highest BCUT2D eigenvalue weighted by Gasteiger charge is 2.45. The molecule has 0 amide bonds. The number of nitrogens with zero attached hydrogens (tertiary/aromatic N) is 1. The molecule has 26 heavy (non-hydrogen) atoms. The maximum atomic E-state index is 12.9. The molecule has 1 rings (SSSR count). The van der Waals surface area contributed by atoms with Crippen molar-refractivity contribution < 1.29 is 28.6 Å². The van der Waals surface area contributed by atoms with Crippen molar-refractivity contribution in [3.8, 4) is 0 Å². The monoisotopic (exact) mass is 367 g/mol. The fourth-order valence-corrected chi connectivity index (χ4v) is 2.62. The zero-order valence-corrected chi connectivity index (χ0v) is 16.4. The van der Waals surface area contributed by atoms with Crippen LogP contribution in [-0.4, -0.2) is 41.3 Å². The van der Waals surface area contributed by atoms with Crippen LogP contribution < -0.4 is 0 Å². The molecule has 0 fully saturated rings. The van der Waals surface area contributed by atoms with Crippen molar-refractivity contribution in [1.82, 2.24) is 4.57 Å². The summed E-state index contributed by atoms with van der Waals surface area (Å²) in [4.78, 5) is 38.0. The minimum atomic E-state index is -1.43. The van der Waals surface area contributed by atoms with Gasteiger partial charge in [-0.05, 0) is 53.7 Å². The zero-order chi connectivity index (χ0) is 19.9. The van der Waals surface area contributed by atoms with Crippen molar-refractivity contribution in [3.05, 3.63) is 24.0 Å². The maximum absolute atomic E-state index is 12.9. The molecule has 7 nitrogen and oxygen atoms in total. The third kappa shape index (κ3) is 5.61. The van der Waals surface area contributed by atoms with Gasteiger partial charge in [0, 0.05) is 18.4 Å². The van der Waals surface area contributed by atoms with E-state index in [1.54, 1.807) is 57.5 Å². The first kappa shape index (κ1) is 21.7. The molecule has 0 saturated carbocycles. The highest BCUT2D eigenvalue weighted by atomic mass is 16.6. The molecule has 0 aliphatic rings. The Morgan fingerprint density at radius 3 is 1.96 bits per heavy atom. The lowest BCUT2D eigenvalue weighted by Crippen LogP contribution is -2.40. The Morgan fingerprint density at radius 1 is 1.00 bits per heavy atom. The summed E-state index contributed by atoms with van der Waals surface area (Å²) in [6, 6.07) is 3.45. The molecule has 146 valence electrons. The number of carbonyl (C=O) groups excluding carboxylic acids is 3. The van der Waals surface area contributed by atoms with Crippen LogP contribution in [0.15, 0.2) is 18.3 Å². The van der Waals surface area contributed by atoms with Gasteiger partial charge in [0.25, 0.3) is 0 Å². The molecular weight excluding hydrogens is 338 g/mol. The Balaban J connectivity index is 3.44. The van der Waals surface area contributed by atoms with E-state index in [1.807, 2.05) is 6.92 Å². The summed E-state index contributed by atoms with van der Waals surface area (Å²) in [5.41, 5.74) is -0.264. The lowest BCUT2D eigenvalue weighted by molar-refractivity contribution is -0.172. The third-order valence-corrected chi connectivity index (χ3v) is 3.60. The van der Waals surface area contributed by atoms with E-state index in [2.05, 4.69) is 0 Å². The van der Waals surface area contributed by atoms with Gasteiger partial charge in [0.15, 0.2) is 5.92 Å². The summed E-state index contributed by atoms with van der Waals surface area (Å²) in [6.07, 6.45) is 1.78. The second kappa shape index (κ2) is 9.40. The van der Waals surface area contributed by atoms with E-state index in [9.17, 15) is 14.4 Å². The van der Waals surface area contributed by atoms with Crippen molar-refractivity contribution in [2.45, 2.75) is 59.6 Å². The molecule has 0 spiro atoms.